The number of thiazole rings is 1. The van der Waals surface area contributed by atoms with Crippen molar-refractivity contribution in [1.29, 1.82) is 0 Å². The highest BCUT2D eigenvalue weighted by molar-refractivity contribution is 7.21. The van der Waals surface area contributed by atoms with E-state index in [0.29, 0.717) is 0 Å². The number of hydrogen-bond acceptors (Lipinski definition) is 7. The third kappa shape index (κ3) is 3.08. The van der Waals surface area contributed by atoms with Crippen LogP contribution in [0.2, 0.25) is 0 Å². The van der Waals surface area contributed by atoms with Gasteiger partial charge in [0.15, 0.2) is 10.9 Å². The van der Waals surface area contributed by atoms with Crippen LogP contribution in [0.25, 0.3) is 10.3 Å². The van der Waals surface area contributed by atoms with Gasteiger partial charge in [0.05, 0.1) is 6.34 Å². The summed E-state index contributed by atoms with van der Waals surface area (Å²) in [6.07, 6.45) is 1.85. The van der Waals surface area contributed by atoms with E-state index in [1.54, 1.807) is 11.3 Å². The van der Waals surface area contributed by atoms with Gasteiger partial charge in [-0.1, -0.05) is 23.5 Å². The Morgan fingerprint density at radius 1 is 1.42 bits per heavy atom. The SMILES string of the molecule is C=C(C)CN(CC)c1nc2c3c(c(NCC)nc2s1)N=CN(C)C3. The van der Waals surface area contributed by atoms with Gasteiger partial charge in [0.2, 0.25) is 0 Å². The summed E-state index contributed by atoms with van der Waals surface area (Å²) in [5, 5.41) is 4.33. The van der Waals surface area contributed by atoms with Gasteiger partial charge < -0.3 is 15.1 Å². The summed E-state index contributed by atoms with van der Waals surface area (Å²) in [5.41, 5.74) is 4.16. The van der Waals surface area contributed by atoms with Crippen molar-refractivity contribution in [3.8, 4) is 0 Å². The summed E-state index contributed by atoms with van der Waals surface area (Å²) >= 11 is 1.64. The minimum absolute atomic E-state index is 0.798. The van der Waals surface area contributed by atoms with Gasteiger partial charge in [0.25, 0.3) is 0 Å². The molecule has 3 heterocycles. The second kappa shape index (κ2) is 6.76. The Balaban J connectivity index is 2.13. The van der Waals surface area contributed by atoms with Crippen LogP contribution in [0.4, 0.5) is 16.6 Å². The standard InChI is InChI=1S/C17H24N6S/c1-6-18-15-13-12(9-22(5)10-19-13)14-16(21-15)24-17(20-14)23(7-2)8-11(3)4/h10H,3,6-9H2,1-2,4-5H3,(H,18,21). The minimum Gasteiger partial charge on any atom is -0.368 e. The zero-order chi connectivity index (χ0) is 17.3. The molecule has 0 aromatic carbocycles. The molecule has 0 fully saturated rings. The number of aliphatic imine (C=N–C) groups is 1. The number of rotatable bonds is 6. The van der Waals surface area contributed by atoms with Crippen LogP contribution in [0, 0.1) is 0 Å². The van der Waals surface area contributed by atoms with Crippen LogP contribution in [0.3, 0.4) is 0 Å². The molecule has 0 aliphatic carbocycles. The summed E-state index contributed by atoms with van der Waals surface area (Å²) in [6.45, 7) is 13.6. The zero-order valence-electron chi connectivity index (χ0n) is 14.8. The van der Waals surface area contributed by atoms with Crippen molar-refractivity contribution in [2.75, 3.05) is 36.9 Å². The first-order chi connectivity index (χ1) is 11.5. The third-order valence-electron chi connectivity index (χ3n) is 3.86. The van der Waals surface area contributed by atoms with Crippen LogP contribution in [0.1, 0.15) is 26.3 Å². The van der Waals surface area contributed by atoms with Gasteiger partial charge in [-0.05, 0) is 20.8 Å². The van der Waals surface area contributed by atoms with Crippen molar-refractivity contribution in [2.24, 2.45) is 4.99 Å². The van der Waals surface area contributed by atoms with Gasteiger partial charge in [-0.15, -0.1) is 0 Å². The lowest BCUT2D eigenvalue weighted by atomic mass is 10.1. The normalized spacial score (nSPS) is 13.2. The number of pyridine rings is 1. The average molecular weight is 344 g/mol. The van der Waals surface area contributed by atoms with Crippen molar-refractivity contribution in [3.63, 3.8) is 0 Å². The molecular formula is C17H24N6S. The second-order valence-corrected chi connectivity index (χ2v) is 7.06. The van der Waals surface area contributed by atoms with E-state index < -0.39 is 0 Å². The molecule has 0 spiro atoms. The van der Waals surface area contributed by atoms with Gasteiger partial charge in [0.1, 0.15) is 16.0 Å². The molecule has 0 saturated heterocycles. The van der Waals surface area contributed by atoms with Gasteiger partial charge in [-0.25, -0.2) is 15.0 Å². The van der Waals surface area contributed by atoms with Crippen LogP contribution >= 0.6 is 11.3 Å². The van der Waals surface area contributed by atoms with Gasteiger partial charge in [-0.2, -0.15) is 0 Å². The Bertz CT molecular complexity index is 794. The molecule has 0 atom stereocenters. The number of anilines is 2. The molecule has 6 nitrogen and oxygen atoms in total. The predicted octanol–water partition coefficient (Wildman–Crippen LogP) is 3.63. The van der Waals surface area contributed by atoms with Crippen LogP contribution in [0.15, 0.2) is 17.1 Å². The molecular weight excluding hydrogens is 320 g/mol. The van der Waals surface area contributed by atoms with Crippen LogP contribution in [-0.2, 0) is 6.54 Å². The molecule has 1 N–H and O–H groups in total. The summed E-state index contributed by atoms with van der Waals surface area (Å²) in [5.74, 6) is 0.850. The topological polar surface area (TPSA) is 56.7 Å². The van der Waals surface area contributed by atoms with E-state index in [1.807, 2.05) is 20.3 Å². The van der Waals surface area contributed by atoms with E-state index in [0.717, 1.165) is 64.3 Å². The Morgan fingerprint density at radius 3 is 2.88 bits per heavy atom. The molecule has 0 bridgehead atoms. The highest BCUT2D eigenvalue weighted by Crippen LogP contribution is 2.39. The molecule has 0 saturated carbocycles. The number of nitrogens with zero attached hydrogens (tertiary/aromatic N) is 5. The average Bonchev–Trinajstić information content (AvgIpc) is 2.96. The minimum atomic E-state index is 0.798. The van der Waals surface area contributed by atoms with Crippen LogP contribution < -0.4 is 10.2 Å². The first-order valence-electron chi connectivity index (χ1n) is 8.24. The van der Waals surface area contributed by atoms with Crippen molar-refractivity contribution in [1.82, 2.24) is 14.9 Å². The van der Waals surface area contributed by atoms with Crippen molar-refractivity contribution < 1.29 is 0 Å². The Hall–Kier alpha value is -2.15. The van der Waals surface area contributed by atoms with E-state index in [2.05, 4.69) is 40.5 Å². The first-order valence-corrected chi connectivity index (χ1v) is 9.06. The number of nitrogens with one attached hydrogen (secondary N) is 1. The number of fused-ring (bicyclic) bond motifs is 3. The quantitative estimate of drug-likeness (QED) is 0.811. The van der Waals surface area contributed by atoms with Crippen molar-refractivity contribution in [3.05, 3.63) is 17.7 Å². The van der Waals surface area contributed by atoms with E-state index >= 15 is 0 Å². The summed E-state index contributed by atoms with van der Waals surface area (Å²) in [7, 11) is 2.03. The lowest BCUT2D eigenvalue weighted by Crippen LogP contribution is -2.24. The molecule has 1 aliphatic rings. The number of likely N-dealkylation sites (N-methyl/N-ethyl adjacent to an activating group) is 1. The molecule has 7 heteroatoms. The number of hydrogen-bond donors (Lipinski definition) is 1. The molecule has 0 radical (unpaired) electrons. The zero-order valence-corrected chi connectivity index (χ0v) is 15.6. The molecule has 2 aromatic heterocycles. The van der Waals surface area contributed by atoms with Gasteiger partial charge in [-0.3, -0.25) is 0 Å². The van der Waals surface area contributed by atoms with E-state index in [-0.39, 0.29) is 0 Å². The fourth-order valence-corrected chi connectivity index (χ4v) is 3.82. The monoisotopic (exact) mass is 344 g/mol. The lowest BCUT2D eigenvalue weighted by molar-refractivity contribution is 0.511. The fraction of sp³-hybridized carbons (Fsp3) is 0.471. The highest BCUT2D eigenvalue weighted by Gasteiger charge is 2.22. The van der Waals surface area contributed by atoms with Crippen LogP contribution in [-0.4, -0.2) is 47.9 Å². The fourth-order valence-electron chi connectivity index (χ4n) is 2.78. The summed E-state index contributed by atoms with van der Waals surface area (Å²) in [6, 6.07) is 0. The number of aromatic nitrogens is 2. The Kier molecular flexibility index (Phi) is 4.71. The molecule has 0 unspecified atom stereocenters. The Labute approximate surface area is 146 Å². The van der Waals surface area contributed by atoms with Crippen molar-refractivity contribution >= 4 is 44.7 Å². The maximum absolute atomic E-state index is 4.90. The largest absolute Gasteiger partial charge is 0.368 e. The lowest BCUT2D eigenvalue weighted by Gasteiger charge is -2.21. The molecule has 0 amide bonds. The highest BCUT2D eigenvalue weighted by atomic mass is 32.1. The summed E-state index contributed by atoms with van der Waals surface area (Å²) < 4.78 is 0. The van der Waals surface area contributed by atoms with E-state index in [1.165, 1.54) is 0 Å². The predicted molar refractivity (Wildman–Crippen MR) is 104 cm³/mol. The van der Waals surface area contributed by atoms with E-state index in [9.17, 15) is 0 Å². The van der Waals surface area contributed by atoms with Crippen LogP contribution in [0.5, 0.6) is 0 Å². The van der Waals surface area contributed by atoms with Gasteiger partial charge >= 0.3 is 0 Å². The molecule has 1 aliphatic heterocycles. The summed E-state index contributed by atoms with van der Waals surface area (Å²) in [4.78, 5) is 19.5. The Morgan fingerprint density at radius 2 is 2.21 bits per heavy atom. The molecule has 3 rings (SSSR count). The molecule has 24 heavy (non-hydrogen) atoms. The molecule has 2 aromatic rings. The smallest absolute Gasteiger partial charge is 0.188 e. The maximum Gasteiger partial charge on any atom is 0.188 e. The molecule has 128 valence electrons. The van der Waals surface area contributed by atoms with Gasteiger partial charge in [0, 0.05) is 38.8 Å². The second-order valence-electron chi connectivity index (χ2n) is 6.10. The maximum atomic E-state index is 4.90. The van der Waals surface area contributed by atoms with E-state index in [4.69, 9.17) is 9.97 Å². The van der Waals surface area contributed by atoms with Crippen molar-refractivity contribution in [2.45, 2.75) is 27.3 Å². The first kappa shape index (κ1) is 16.7. The third-order valence-corrected chi connectivity index (χ3v) is 4.87.